The van der Waals surface area contributed by atoms with E-state index in [1.165, 1.54) is 5.56 Å². The van der Waals surface area contributed by atoms with Gasteiger partial charge in [0.25, 0.3) is 0 Å². The van der Waals surface area contributed by atoms with Crippen LogP contribution in [0.25, 0.3) is 0 Å². The molecule has 0 amide bonds. The van der Waals surface area contributed by atoms with Crippen LogP contribution in [0, 0.1) is 0 Å². The number of ether oxygens (including phenoxy) is 1. The van der Waals surface area contributed by atoms with Gasteiger partial charge in [-0.3, -0.25) is 0 Å². The maximum atomic E-state index is 9.03. The number of hydrogen-bond donors (Lipinski definition) is 1. The summed E-state index contributed by atoms with van der Waals surface area (Å²) in [5.41, 5.74) is 2.57. The Hall–Kier alpha value is -1.02. The number of rotatable bonds is 5. The van der Waals surface area contributed by atoms with Crippen molar-refractivity contribution in [2.75, 3.05) is 13.7 Å². The molecule has 1 rings (SSSR count). The van der Waals surface area contributed by atoms with Crippen molar-refractivity contribution in [3.8, 4) is 5.75 Å². The fourth-order valence-corrected chi connectivity index (χ4v) is 1.72. The van der Waals surface area contributed by atoms with Crippen LogP contribution in [0.5, 0.6) is 5.75 Å². The molecule has 1 aromatic carbocycles. The summed E-state index contributed by atoms with van der Waals surface area (Å²) in [4.78, 5) is 0. The van der Waals surface area contributed by atoms with Crippen LogP contribution in [0.1, 0.15) is 38.3 Å². The van der Waals surface area contributed by atoms with Gasteiger partial charge in [0.05, 0.1) is 7.11 Å². The Bertz CT molecular complexity index is 343. The second-order valence-electron chi connectivity index (χ2n) is 4.74. The molecule has 1 aromatic rings. The Morgan fingerprint density at radius 1 is 1.31 bits per heavy atom. The topological polar surface area (TPSA) is 29.5 Å². The molecule has 0 fully saturated rings. The van der Waals surface area contributed by atoms with Gasteiger partial charge in [-0.05, 0) is 35.4 Å². The minimum atomic E-state index is 0.159. The average Bonchev–Trinajstić information content (AvgIpc) is 2.29. The lowest BCUT2D eigenvalue weighted by Gasteiger charge is -2.24. The van der Waals surface area contributed by atoms with E-state index >= 15 is 0 Å². The molecule has 1 N–H and O–H groups in total. The predicted molar refractivity (Wildman–Crippen MR) is 67.1 cm³/mol. The van der Waals surface area contributed by atoms with Crippen LogP contribution in [-0.4, -0.2) is 18.8 Å². The van der Waals surface area contributed by atoms with Gasteiger partial charge in [-0.15, -0.1) is 0 Å². The molecule has 2 nitrogen and oxygen atoms in total. The molecule has 0 bridgehead atoms. The van der Waals surface area contributed by atoms with Gasteiger partial charge in [-0.2, -0.15) is 0 Å². The highest BCUT2D eigenvalue weighted by Gasteiger charge is 2.19. The normalized spacial score (nSPS) is 11.6. The van der Waals surface area contributed by atoms with Crippen LogP contribution in [0.15, 0.2) is 18.2 Å². The smallest absolute Gasteiger partial charge is 0.122 e. The van der Waals surface area contributed by atoms with Crippen molar-refractivity contribution >= 4 is 0 Å². The van der Waals surface area contributed by atoms with Gasteiger partial charge in [-0.1, -0.05) is 32.9 Å². The minimum absolute atomic E-state index is 0.159. The van der Waals surface area contributed by atoms with Crippen molar-refractivity contribution in [3.63, 3.8) is 0 Å². The summed E-state index contributed by atoms with van der Waals surface area (Å²) in [6.45, 7) is 6.82. The molecule has 0 atom stereocenters. The standard InChI is InChI=1S/C14H22O2/c1-5-14(2,3)12-6-7-13(16-4)11(10-12)8-9-15/h6-7,10,15H,5,8-9H2,1-4H3. The highest BCUT2D eigenvalue weighted by molar-refractivity contribution is 5.40. The van der Waals surface area contributed by atoms with Crippen molar-refractivity contribution in [1.82, 2.24) is 0 Å². The molecule has 0 heterocycles. The molecule has 0 aromatic heterocycles. The van der Waals surface area contributed by atoms with Crippen molar-refractivity contribution in [3.05, 3.63) is 29.3 Å². The number of hydrogen-bond acceptors (Lipinski definition) is 2. The van der Waals surface area contributed by atoms with Gasteiger partial charge in [0.15, 0.2) is 0 Å². The van der Waals surface area contributed by atoms with Crippen molar-refractivity contribution in [1.29, 1.82) is 0 Å². The SMILES string of the molecule is CCC(C)(C)c1ccc(OC)c(CCO)c1. The van der Waals surface area contributed by atoms with E-state index in [-0.39, 0.29) is 12.0 Å². The fraction of sp³-hybridized carbons (Fsp3) is 0.571. The fourth-order valence-electron chi connectivity index (χ4n) is 1.72. The van der Waals surface area contributed by atoms with Gasteiger partial charge in [0, 0.05) is 6.61 Å². The summed E-state index contributed by atoms with van der Waals surface area (Å²) < 4.78 is 5.29. The van der Waals surface area contributed by atoms with Gasteiger partial charge >= 0.3 is 0 Å². The number of aliphatic hydroxyl groups is 1. The first kappa shape index (κ1) is 13.0. The first-order valence-electron chi connectivity index (χ1n) is 5.83. The molecule has 2 heteroatoms. The number of methoxy groups -OCH3 is 1. The molecule has 16 heavy (non-hydrogen) atoms. The van der Waals surface area contributed by atoms with E-state index < -0.39 is 0 Å². The average molecular weight is 222 g/mol. The lowest BCUT2D eigenvalue weighted by Crippen LogP contribution is -2.16. The molecule has 0 aliphatic rings. The highest BCUT2D eigenvalue weighted by atomic mass is 16.5. The van der Waals surface area contributed by atoms with Crippen LogP contribution in [0.3, 0.4) is 0 Å². The molecule has 0 saturated heterocycles. The molecule has 90 valence electrons. The number of aliphatic hydroxyl groups excluding tert-OH is 1. The van der Waals surface area contributed by atoms with Crippen molar-refractivity contribution < 1.29 is 9.84 Å². The van der Waals surface area contributed by atoms with Crippen LogP contribution >= 0.6 is 0 Å². The van der Waals surface area contributed by atoms with Crippen molar-refractivity contribution in [2.24, 2.45) is 0 Å². The molecule has 0 unspecified atom stereocenters. The summed E-state index contributed by atoms with van der Waals surface area (Å²) in [6, 6.07) is 6.26. The predicted octanol–water partition coefficient (Wildman–Crippen LogP) is 2.92. The second kappa shape index (κ2) is 5.35. The lowest BCUT2D eigenvalue weighted by atomic mass is 9.81. The Morgan fingerprint density at radius 3 is 2.50 bits per heavy atom. The Morgan fingerprint density at radius 2 is 2.00 bits per heavy atom. The van der Waals surface area contributed by atoms with Crippen molar-refractivity contribution in [2.45, 2.75) is 39.0 Å². The van der Waals surface area contributed by atoms with Gasteiger partial charge in [0.1, 0.15) is 5.75 Å². The first-order valence-corrected chi connectivity index (χ1v) is 5.83. The lowest BCUT2D eigenvalue weighted by molar-refractivity contribution is 0.296. The Labute approximate surface area is 98.3 Å². The second-order valence-corrected chi connectivity index (χ2v) is 4.74. The van der Waals surface area contributed by atoms with E-state index in [9.17, 15) is 0 Å². The third-order valence-electron chi connectivity index (χ3n) is 3.33. The summed E-state index contributed by atoms with van der Waals surface area (Å²) in [7, 11) is 1.67. The zero-order valence-electron chi connectivity index (χ0n) is 10.7. The Balaban J connectivity index is 3.11. The third kappa shape index (κ3) is 2.76. The van der Waals surface area contributed by atoms with Crippen LogP contribution in [0.2, 0.25) is 0 Å². The van der Waals surface area contributed by atoms with E-state index in [1.807, 2.05) is 6.07 Å². The molecular formula is C14H22O2. The van der Waals surface area contributed by atoms with E-state index in [2.05, 4.69) is 32.9 Å². The quantitative estimate of drug-likeness (QED) is 0.830. The summed E-state index contributed by atoms with van der Waals surface area (Å²) in [6.07, 6.45) is 1.74. The molecule has 0 aliphatic heterocycles. The van der Waals surface area contributed by atoms with Gasteiger partial charge < -0.3 is 9.84 Å². The summed E-state index contributed by atoms with van der Waals surface area (Å²) in [5.74, 6) is 0.865. The summed E-state index contributed by atoms with van der Waals surface area (Å²) in [5, 5.41) is 9.03. The van der Waals surface area contributed by atoms with Crippen LogP contribution < -0.4 is 4.74 Å². The minimum Gasteiger partial charge on any atom is -0.496 e. The largest absolute Gasteiger partial charge is 0.496 e. The van der Waals surface area contributed by atoms with E-state index in [0.717, 1.165) is 17.7 Å². The summed E-state index contributed by atoms with van der Waals surface area (Å²) >= 11 is 0. The molecule has 0 aliphatic carbocycles. The molecule has 0 radical (unpaired) electrons. The van der Waals surface area contributed by atoms with Gasteiger partial charge in [0.2, 0.25) is 0 Å². The maximum absolute atomic E-state index is 9.03. The zero-order valence-corrected chi connectivity index (χ0v) is 10.7. The molecular weight excluding hydrogens is 200 g/mol. The number of benzene rings is 1. The van der Waals surface area contributed by atoms with E-state index in [0.29, 0.717) is 6.42 Å². The van der Waals surface area contributed by atoms with E-state index in [4.69, 9.17) is 9.84 Å². The van der Waals surface area contributed by atoms with E-state index in [1.54, 1.807) is 7.11 Å². The van der Waals surface area contributed by atoms with Gasteiger partial charge in [-0.25, -0.2) is 0 Å². The third-order valence-corrected chi connectivity index (χ3v) is 3.33. The monoisotopic (exact) mass is 222 g/mol. The maximum Gasteiger partial charge on any atom is 0.122 e. The van der Waals surface area contributed by atoms with Crippen LogP contribution in [0.4, 0.5) is 0 Å². The molecule has 0 spiro atoms. The zero-order chi connectivity index (χ0) is 12.2. The first-order chi connectivity index (χ1) is 7.55. The highest BCUT2D eigenvalue weighted by Crippen LogP contribution is 2.30. The Kier molecular flexibility index (Phi) is 4.36. The van der Waals surface area contributed by atoms with Crippen LogP contribution in [-0.2, 0) is 11.8 Å². The molecule has 0 saturated carbocycles.